The van der Waals surface area contributed by atoms with Crippen molar-refractivity contribution in [1.82, 2.24) is 5.32 Å². The molecule has 1 atom stereocenters. The van der Waals surface area contributed by atoms with Crippen LogP contribution in [0.15, 0.2) is 24.3 Å². The second-order valence-corrected chi connectivity index (χ2v) is 6.02. The van der Waals surface area contributed by atoms with Gasteiger partial charge in [-0.3, -0.25) is 0 Å². The molecule has 1 N–H and O–H groups in total. The van der Waals surface area contributed by atoms with Crippen molar-refractivity contribution in [3.8, 4) is 0 Å². The molecule has 0 saturated carbocycles. The molecular formula is C15H22F3N. The molecular weight excluding hydrogens is 251 g/mol. The Morgan fingerprint density at radius 3 is 1.95 bits per heavy atom. The highest BCUT2D eigenvalue weighted by Gasteiger charge is 2.30. The third-order valence-corrected chi connectivity index (χ3v) is 3.44. The summed E-state index contributed by atoms with van der Waals surface area (Å²) in [5, 5.41) is 3.15. The first kappa shape index (κ1) is 16.0. The Labute approximate surface area is 113 Å². The zero-order valence-corrected chi connectivity index (χ0v) is 11.9. The molecule has 1 rings (SSSR count). The van der Waals surface area contributed by atoms with Crippen LogP contribution in [-0.4, -0.2) is 13.6 Å². The van der Waals surface area contributed by atoms with Crippen LogP contribution in [0.4, 0.5) is 13.2 Å². The summed E-state index contributed by atoms with van der Waals surface area (Å²) in [7, 11) is 1.89. The maximum Gasteiger partial charge on any atom is 0.416 e. The molecule has 0 saturated heterocycles. The molecule has 0 heterocycles. The van der Waals surface area contributed by atoms with Gasteiger partial charge in [-0.1, -0.05) is 32.9 Å². The Morgan fingerprint density at radius 2 is 1.58 bits per heavy atom. The van der Waals surface area contributed by atoms with Gasteiger partial charge in [0.1, 0.15) is 0 Å². The Morgan fingerprint density at radius 1 is 1.05 bits per heavy atom. The number of alkyl halides is 3. The molecule has 1 nitrogen and oxygen atoms in total. The zero-order chi connectivity index (χ0) is 14.7. The van der Waals surface area contributed by atoms with E-state index in [0.717, 1.165) is 30.7 Å². The van der Waals surface area contributed by atoms with Gasteiger partial charge in [0.15, 0.2) is 0 Å². The maximum atomic E-state index is 12.5. The van der Waals surface area contributed by atoms with Gasteiger partial charge in [-0.2, -0.15) is 13.2 Å². The highest BCUT2D eigenvalue weighted by molar-refractivity contribution is 5.25. The fourth-order valence-electron chi connectivity index (χ4n) is 2.05. The lowest BCUT2D eigenvalue weighted by atomic mass is 9.77. The maximum absolute atomic E-state index is 12.5. The van der Waals surface area contributed by atoms with E-state index in [1.807, 2.05) is 7.05 Å². The molecule has 19 heavy (non-hydrogen) atoms. The van der Waals surface area contributed by atoms with Crippen LogP contribution < -0.4 is 5.32 Å². The van der Waals surface area contributed by atoms with E-state index in [1.54, 1.807) is 12.1 Å². The number of benzene rings is 1. The van der Waals surface area contributed by atoms with Crippen LogP contribution in [0, 0.1) is 11.3 Å². The standard InChI is InChI=1S/C15H22F3N/c1-14(2,3)13(10-19-4)9-11-5-7-12(8-6-11)15(16,17)18/h5-8,13,19H,9-10H2,1-4H3. The van der Waals surface area contributed by atoms with Crippen LogP contribution in [0.2, 0.25) is 0 Å². The number of hydrogen-bond acceptors (Lipinski definition) is 1. The minimum atomic E-state index is -4.26. The first-order valence-electron chi connectivity index (χ1n) is 6.45. The van der Waals surface area contributed by atoms with Gasteiger partial charge < -0.3 is 5.32 Å². The highest BCUT2D eigenvalue weighted by atomic mass is 19.4. The van der Waals surface area contributed by atoms with Crippen molar-refractivity contribution in [3.63, 3.8) is 0 Å². The van der Waals surface area contributed by atoms with E-state index in [-0.39, 0.29) is 5.41 Å². The fourth-order valence-corrected chi connectivity index (χ4v) is 2.05. The van der Waals surface area contributed by atoms with Crippen molar-refractivity contribution in [2.24, 2.45) is 11.3 Å². The largest absolute Gasteiger partial charge is 0.416 e. The van der Waals surface area contributed by atoms with Gasteiger partial charge in [-0.25, -0.2) is 0 Å². The molecule has 0 aliphatic carbocycles. The van der Waals surface area contributed by atoms with Crippen LogP contribution in [0.25, 0.3) is 0 Å². The van der Waals surface area contributed by atoms with Gasteiger partial charge in [-0.05, 0) is 49.0 Å². The molecule has 108 valence electrons. The lowest BCUT2D eigenvalue weighted by Crippen LogP contribution is -2.31. The predicted molar refractivity (Wildman–Crippen MR) is 72.0 cm³/mol. The summed E-state index contributed by atoms with van der Waals surface area (Å²) in [6.07, 6.45) is -3.48. The van der Waals surface area contributed by atoms with E-state index in [0.29, 0.717) is 5.92 Å². The van der Waals surface area contributed by atoms with Gasteiger partial charge in [0.2, 0.25) is 0 Å². The number of nitrogens with one attached hydrogen (secondary N) is 1. The quantitative estimate of drug-likeness (QED) is 0.869. The first-order valence-corrected chi connectivity index (χ1v) is 6.45. The van der Waals surface area contributed by atoms with Crippen LogP contribution >= 0.6 is 0 Å². The van der Waals surface area contributed by atoms with Gasteiger partial charge >= 0.3 is 6.18 Å². The van der Waals surface area contributed by atoms with Crippen LogP contribution in [0.5, 0.6) is 0 Å². The lowest BCUT2D eigenvalue weighted by molar-refractivity contribution is -0.137. The molecule has 0 radical (unpaired) electrons. The van der Waals surface area contributed by atoms with E-state index in [4.69, 9.17) is 0 Å². The highest BCUT2D eigenvalue weighted by Crippen LogP contribution is 2.31. The molecule has 0 aliphatic rings. The number of rotatable bonds is 4. The molecule has 1 unspecified atom stereocenters. The summed E-state index contributed by atoms with van der Waals surface area (Å²) in [5.41, 5.74) is 0.478. The van der Waals surface area contributed by atoms with E-state index < -0.39 is 11.7 Å². The molecule has 0 fully saturated rings. The zero-order valence-electron chi connectivity index (χ0n) is 11.9. The summed E-state index contributed by atoms with van der Waals surface area (Å²) in [5.74, 6) is 0.384. The normalized spacial score (nSPS) is 14.5. The Kier molecular flexibility index (Phi) is 5.02. The Hall–Kier alpha value is -1.03. The van der Waals surface area contributed by atoms with Crippen molar-refractivity contribution < 1.29 is 13.2 Å². The summed E-state index contributed by atoms with van der Waals surface area (Å²) in [6, 6.07) is 5.48. The van der Waals surface area contributed by atoms with Crippen molar-refractivity contribution in [2.75, 3.05) is 13.6 Å². The number of halogens is 3. The third kappa shape index (κ3) is 4.86. The Balaban J connectivity index is 2.81. The molecule has 0 aromatic heterocycles. The van der Waals surface area contributed by atoms with Gasteiger partial charge in [0, 0.05) is 0 Å². The molecule has 1 aromatic carbocycles. The first-order chi connectivity index (χ1) is 8.64. The monoisotopic (exact) mass is 273 g/mol. The minimum Gasteiger partial charge on any atom is -0.319 e. The lowest BCUT2D eigenvalue weighted by Gasteiger charge is -2.31. The third-order valence-electron chi connectivity index (χ3n) is 3.44. The summed E-state index contributed by atoms with van der Waals surface area (Å²) >= 11 is 0. The molecule has 0 amide bonds. The average Bonchev–Trinajstić information content (AvgIpc) is 2.26. The van der Waals surface area contributed by atoms with E-state index in [1.165, 1.54) is 0 Å². The van der Waals surface area contributed by atoms with Crippen LogP contribution in [0.1, 0.15) is 31.9 Å². The number of hydrogen-bond donors (Lipinski definition) is 1. The fraction of sp³-hybridized carbons (Fsp3) is 0.600. The summed E-state index contributed by atoms with van der Waals surface area (Å²) in [4.78, 5) is 0. The molecule has 0 aliphatic heterocycles. The van der Waals surface area contributed by atoms with Crippen molar-refractivity contribution in [1.29, 1.82) is 0 Å². The minimum absolute atomic E-state index is 0.117. The van der Waals surface area contributed by atoms with Crippen molar-refractivity contribution in [2.45, 2.75) is 33.4 Å². The van der Waals surface area contributed by atoms with Crippen molar-refractivity contribution >= 4 is 0 Å². The summed E-state index contributed by atoms with van der Waals surface area (Å²) < 4.78 is 37.4. The molecule has 4 heteroatoms. The van der Waals surface area contributed by atoms with E-state index >= 15 is 0 Å². The molecule has 0 spiro atoms. The smallest absolute Gasteiger partial charge is 0.319 e. The van der Waals surface area contributed by atoms with Gasteiger partial charge in [0.05, 0.1) is 5.56 Å². The van der Waals surface area contributed by atoms with Crippen molar-refractivity contribution in [3.05, 3.63) is 35.4 Å². The second kappa shape index (κ2) is 5.95. The van der Waals surface area contributed by atoms with Crippen LogP contribution in [-0.2, 0) is 12.6 Å². The SMILES string of the molecule is CNCC(Cc1ccc(C(F)(F)F)cc1)C(C)(C)C. The van der Waals surface area contributed by atoms with E-state index in [2.05, 4.69) is 26.1 Å². The molecule has 0 bridgehead atoms. The Bertz CT molecular complexity index is 387. The predicted octanol–water partition coefficient (Wildman–Crippen LogP) is 4.13. The average molecular weight is 273 g/mol. The van der Waals surface area contributed by atoms with Crippen LogP contribution in [0.3, 0.4) is 0 Å². The second-order valence-electron chi connectivity index (χ2n) is 6.02. The van der Waals surface area contributed by atoms with E-state index in [9.17, 15) is 13.2 Å². The van der Waals surface area contributed by atoms with Gasteiger partial charge in [-0.15, -0.1) is 0 Å². The summed E-state index contributed by atoms with van der Waals surface area (Å²) in [6.45, 7) is 7.31. The molecule has 1 aromatic rings. The van der Waals surface area contributed by atoms with Gasteiger partial charge in [0.25, 0.3) is 0 Å². The topological polar surface area (TPSA) is 12.0 Å².